The van der Waals surface area contributed by atoms with E-state index < -0.39 is 6.49 Å². The van der Waals surface area contributed by atoms with E-state index >= 15 is 0 Å². The zero-order valence-electron chi connectivity index (χ0n) is 5.58. The lowest BCUT2D eigenvalue weighted by molar-refractivity contribution is 0.523. The fourth-order valence-corrected chi connectivity index (χ4v) is 1.77. The maximum absolute atomic E-state index is 11.0. The highest BCUT2D eigenvalue weighted by molar-refractivity contribution is 7.87. The fourth-order valence-electron chi connectivity index (χ4n) is 0.681. The number of hydrogen-bond acceptors (Lipinski definition) is 2. The average molecular weight is 179 g/mol. The van der Waals surface area contributed by atoms with Crippen LogP contribution in [0, 0.1) is 0 Å². The predicted octanol–water partition coefficient (Wildman–Crippen LogP) is 2.93. The van der Waals surface area contributed by atoms with Crippen LogP contribution in [0.3, 0.4) is 0 Å². The molecule has 0 bridgehead atoms. The van der Waals surface area contributed by atoms with Gasteiger partial charge in [0.1, 0.15) is 5.76 Å². The van der Waals surface area contributed by atoms with Gasteiger partial charge in [0.05, 0.1) is 12.4 Å². The van der Waals surface area contributed by atoms with E-state index in [-0.39, 0.29) is 0 Å². The summed E-state index contributed by atoms with van der Waals surface area (Å²) < 4.78 is 15.9. The van der Waals surface area contributed by atoms with Gasteiger partial charge in [0.15, 0.2) is 6.49 Å². The monoisotopic (exact) mass is 178 g/mol. The molecule has 1 unspecified atom stereocenters. The second-order valence-corrected chi connectivity index (χ2v) is 6.66. The molecule has 0 saturated heterocycles. The highest BCUT2D eigenvalue weighted by Gasteiger charge is 2.12. The minimum atomic E-state index is -2.48. The molecular weight excluding hydrogens is 170 g/mol. The molecule has 0 radical (unpaired) electrons. The summed E-state index contributed by atoms with van der Waals surface area (Å²) in [5.41, 5.74) is 0. The Labute approximate surface area is 64.3 Å². The molecule has 4 heteroatoms. The Bertz CT molecular complexity index is 236. The summed E-state index contributed by atoms with van der Waals surface area (Å²) in [6.07, 6.45) is 1.88. The van der Waals surface area contributed by atoms with Crippen molar-refractivity contribution in [1.82, 2.24) is 0 Å². The van der Waals surface area contributed by atoms with Crippen molar-refractivity contribution in [2.24, 2.45) is 0 Å². The van der Waals surface area contributed by atoms with E-state index in [1.54, 1.807) is 18.4 Å². The smallest absolute Gasteiger partial charge is 0.173 e. The molecule has 1 rings (SSSR count). The Morgan fingerprint density at radius 2 is 2.50 bits per heavy atom. The fraction of sp³-hybridized carbons (Fsp3) is 0.333. The topological polar surface area (TPSA) is 30.2 Å². The van der Waals surface area contributed by atoms with E-state index in [9.17, 15) is 4.57 Å². The van der Waals surface area contributed by atoms with Crippen LogP contribution in [-0.4, -0.2) is 6.66 Å². The first kappa shape index (κ1) is 7.90. The van der Waals surface area contributed by atoms with E-state index in [0.717, 1.165) is 0 Å². The number of rotatable bonds is 2. The minimum Gasteiger partial charge on any atom is -0.469 e. The van der Waals surface area contributed by atoms with Gasteiger partial charge in [-0.25, -0.2) is 0 Å². The lowest BCUT2D eigenvalue weighted by Crippen LogP contribution is -1.76. The molecule has 0 aliphatic heterocycles. The molecule has 0 saturated carbocycles. The molecule has 1 atom stereocenters. The third-order valence-corrected chi connectivity index (χ3v) is 2.25. The van der Waals surface area contributed by atoms with Crippen LogP contribution in [0.4, 0.5) is 0 Å². The highest BCUT2D eigenvalue weighted by Crippen LogP contribution is 2.50. The van der Waals surface area contributed by atoms with Crippen LogP contribution in [0.5, 0.6) is 0 Å². The zero-order chi connectivity index (χ0) is 7.61. The SMILES string of the molecule is CP(=O)(Cl)Cc1ccco1. The summed E-state index contributed by atoms with van der Waals surface area (Å²) in [6.45, 7) is -0.951. The van der Waals surface area contributed by atoms with Gasteiger partial charge in [-0.3, -0.25) is 0 Å². The Kier molecular flexibility index (Phi) is 2.22. The molecule has 0 N–H and O–H groups in total. The summed E-state index contributed by atoms with van der Waals surface area (Å²) in [7, 11) is 0. The largest absolute Gasteiger partial charge is 0.469 e. The van der Waals surface area contributed by atoms with E-state index in [1.165, 1.54) is 6.66 Å². The highest BCUT2D eigenvalue weighted by atomic mass is 35.7. The van der Waals surface area contributed by atoms with Crippen molar-refractivity contribution in [3.63, 3.8) is 0 Å². The molecule has 2 nitrogen and oxygen atoms in total. The molecular formula is C6H8ClO2P. The molecule has 1 heterocycles. The van der Waals surface area contributed by atoms with Crippen molar-refractivity contribution in [1.29, 1.82) is 0 Å². The molecule has 0 spiro atoms. The van der Waals surface area contributed by atoms with Gasteiger partial charge in [-0.15, -0.1) is 0 Å². The lowest BCUT2D eigenvalue weighted by atomic mass is 10.5. The standard InChI is InChI=1S/C6H8ClO2P/c1-10(7,8)5-6-3-2-4-9-6/h2-4H,5H2,1H3. The maximum atomic E-state index is 11.0. The predicted molar refractivity (Wildman–Crippen MR) is 41.8 cm³/mol. The van der Waals surface area contributed by atoms with Gasteiger partial charge in [-0.1, -0.05) is 11.2 Å². The van der Waals surface area contributed by atoms with Gasteiger partial charge in [0.2, 0.25) is 0 Å². The summed E-state index contributed by atoms with van der Waals surface area (Å²) in [5.74, 6) is 0.681. The van der Waals surface area contributed by atoms with E-state index in [1.807, 2.05) is 0 Å². The first-order valence-electron chi connectivity index (χ1n) is 2.86. The maximum Gasteiger partial charge on any atom is 0.173 e. The van der Waals surface area contributed by atoms with Crippen LogP contribution in [0.25, 0.3) is 0 Å². The van der Waals surface area contributed by atoms with Gasteiger partial charge in [-0.2, -0.15) is 0 Å². The summed E-state index contributed by atoms with van der Waals surface area (Å²) in [6, 6.07) is 3.51. The number of furan rings is 1. The third-order valence-electron chi connectivity index (χ3n) is 1.02. The van der Waals surface area contributed by atoms with Gasteiger partial charge in [-0.05, 0) is 12.1 Å². The Hall–Kier alpha value is -0.200. The first-order chi connectivity index (χ1) is 4.58. The van der Waals surface area contributed by atoms with Gasteiger partial charge < -0.3 is 8.98 Å². The van der Waals surface area contributed by atoms with Crippen molar-refractivity contribution in [2.75, 3.05) is 6.66 Å². The zero-order valence-corrected chi connectivity index (χ0v) is 7.23. The van der Waals surface area contributed by atoms with Crippen LogP contribution in [0.1, 0.15) is 5.76 Å². The number of halogens is 1. The van der Waals surface area contributed by atoms with Crippen LogP contribution in [0.2, 0.25) is 0 Å². The molecule has 10 heavy (non-hydrogen) atoms. The average Bonchev–Trinajstić information content (AvgIpc) is 2.12. The summed E-state index contributed by atoms with van der Waals surface area (Å²) in [5, 5.41) is 0. The first-order valence-corrected chi connectivity index (χ1v) is 6.11. The van der Waals surface area contributed by atoms with Gasteiger partial charge >= 0.3 is 0 Å². The van der Waals surface area contributed by atoms with Crippen molar-refractivity contribution < 1.29 is 8.98 Å². The molecule has 0 aliphatic rings. The second-order valence-electron chi connectivity index (χ2n) is 2.22. The summed E-state index contributed by atoms with van der Waals surface area (Å²) in [4.78, 5) is 0. The van der Waals surface area contributed by atoms with Crippen molar-refractivity contribution in [3.8, 4) is 0 Å². The van der Waals surface area contributed by atoms with E-state index in [4.69, 9.17) is 15.7 Å². The molecule has 1 aromatic rings. The van der Waals surface area contributed by atoms with E-state index in [0.29, 0.717) is 11.9 Å². The molecule has 0 aromatic carbocycles. The third kappa shape index (κ3) is 2.59. The normalized spacial score (nSPS) is 16.6. The Balaban J connectivity index is 2.66. The van der Waals surface area contributed by atoms with Gasteiger partial charge in [0.25, 0.3) is 0 Å². The quantitative estimate of drug-likeness (QED) is 0.652. The number of hydrogen-bond donors (Lipinski definition) is 0. The second kappa shape index (κ2) is 2.81. The molecule has 0 amide bonds. The van der Waals surface area contributed by atoms with Crippen LogP contribution >= 0.6 is 17.7 Å². The molecule has 1 aromatic heterocycles. The molecule has 0 fully saturated rings. The van der Waals surface area contributed by atoms with Gasteiger partial charge in [0, 0.05) is 6.66 Å². The van der Waals surface area contributed by atoms with Crippen molar-refractivity contribution in [3.05, 3.63) is 24.2 Å². The van der Waals surface area contributed by atoms with Crippen LogP contribution < -0.4 is 0 Å². The minimum absolute atomic E-state index is 0.335. The lowest BCUT2D eigenvalue weighted by Gasteiger charge is -1.98. The van der Waals surface area contributed by atoms with Crippen molar-refractivity contribution in [2.45, 2.75) is 6.16 Å². The van der Waals surface area contributed by atoms with Crippen LogP contribution in [-0.2, 0) is 10.7 Å². The Morgan fingerprint density at radius 3 is 2.90 bits per heavy atom. The Morgan fingerprint density at radius 1 is 1.80 bits per heavy atom. The van der Waals surface area contributed by atoms with Crippen LogP contribution in [0.15, 0.2) is 22.8 Å². The molecule has 56 valence electrons. The summed E-state index contributed by atoms with van der Waals surface area (Å²) >= 11 is 5.52. The molecule has 0 aliphatic carbocycles. The van der Waals surface area contributed by atoms with Crippen molar-refractivity contribution >= 4 is 17.7 Å². The van der Waals surface area contributed by atoms with E-state index in [2.05, 4.69) is 0 Å².